The highest BCUT2D eigenvalue weighted by atomic mass is 127. The molecule has 29 heavy (non-hydrogen) atoms. The first-order valence-corrected chi connectivity index (χ1v) is 11.0. The van der Waals surface area contributed by atoms with Crippen LogP contribution in [0.3, 0.4) is 0 Å². The lowest BCUT2D eigenvalue weighted by atomic mass is 10.1. The number of hydrogen-bond donors (Lipinski definition) is 3. The highest BCUT2D eigenvalue weighted by Crippen LogP contribution is 2.17. The van der Waals surface area contributed by atoms with Gasteiger partial charge in [-0.25, -0.2) is 8.42 Å². The zero-order valence-electron chi connectivity index (χ0n) is 16.4. The van der Waals surface area contributed by atoms with Gasteiger partial charge in [0.1, 0.15) is 0 Å². The Morgan fingerprint density at radius 3 is 2.45 bits per heavy atom. The number of nitrogens with one attached hydrogen (secondary N) is 3. The van der Waals surface area contributed by atoms with Gasteiger partial charge in [0.05, 0.1) is 10.6 Å². The maximum Gasteiger partial charge on any atom is 0.190 e. The number of benzene rings is 2. The Kier molecular flexibility index (Phi) is 8.97. The number of rotatable bonds is 8. The van der Waals surface area contributed by atoms with Crippen molar-refractivity contribution in [1.29, 1.82) is 0 Å². The van der Waals surface area contributed by atoms with Gasteiger partial charge >= 0.3 is 0 Å². The summed E-state index contributed by atoms with van der Waals surface area (Å²) in [4.78, 5) is 7.85. The van der Waals surface area contributed by atoms with E-state index in [2.05, 4.69) is 32.7 Å². The quantitative estimate of drug-likeness (QED) is 0.182. The van der Waals surface area contributed by atoms with Gasteiger partial charge in [0.25, 0.3) is 0 Å². The molecule has 3 N–H and O–H groups in total. The minimum atomic E-state index is -3.24. The third-order valence-corrected chi connectivity index (χ3v) is 6.39. The number of aliphatic imine (C=N–C) groups is 1. The van der Waals surface area contributed by atoms with Crippen molar-refractivity contribution in [2.24, 2.45) is 4.99 Å². The second-order valence-corrected chi connectivity index (χ2v) is 8.63. The molecule has 3 aromatic rings. The average molecular weight is 526 g/mol. The van der Waals surface area contributed by atoms with Crippen LogP contribution in [0.15, 0.2) is 70.7 Å². The van der Waals surface area contributed by atoms with E-state index < -0.39 is 9.84 Å². The molecule has 0 unspecified atom stereocenters. The fourth-order valence-electron chi connectivity index (χ4n) is 3.09. The van der Waals surface area contributed by atoms with E-state index >= 15 is 0 Å². The third-order valence-electron chi connectivity index (χ3n) is 4.57. The standard InChI is InChI=1S/C21H26N4O2S.HI/c1-22-21(23-13-7-15-28(26,27)18-8-3-2-4-9-18)24-14-12-17-16-25-20-11-6-5-10-19(17)20;/h2-6,8-11,16,25H,7,12-15H2,1H3,(H2,22,23,24);1H. The molecule has 8 heteroatoms. The SMILES string of the molecule is CN=C(NCCCS(=O)(=O)c1ccccc1)NCCc1c[nH]c2ccccc12.I. The number of guanidine groups is 1. The molecular formula is C21H27IN4O2S. The van der Waals surface area contributed by atoms with Crippen LogP contribution < -0.4 is 10.6 Å². The van der Waals surface area contributed by atoms with E-state index in [-0.39, 0.29) is 29.7 Å². The molecule has 0 spiro atoms. The van der Waals surface area contributed by atoms with Gasteiger partial charge in [0.15, 0.2) is 15.8 Å². The normalized spacial score (nSPS) is 11.8. The summed E-state index contributed by atoms with van der Waals surface area (Å²) in [5, 5.41) is 7.69. The Hall–Kier alpha value is -2.07. The van der Waals surface area contributed by atoms with Gasteiger partial charge in [-0.3, -0.25) is 4.99 Å². The van der Waals surface area contributed by atoms with E-state index in [1.807, 2.05) is 24.4 Å². The van der Waals surface area contributed by atoms with Crippen molar-refractivity contribution in [2.75, 3.05) is 25.9 Å². The van der Waals surface area contributed by atoms with Gasteiger partial charge in [0.2, 0.25) is 0 Å². The van der Waals surface area contributed by atoms with Gasteiger partial charge in [-0.2, -0.15) is 0 Å². The first-order chi connectivity index (χ1) is 13.6. The molecule has 0 aliphatic carbocycles. The van der Waals surface area contributed by atoms with Gasteiger partial charge in [-0.1, -0.05) is 36.4 Å². The predicted molar refractivity (Wildman–Crippen MR) is 130 cm³/mol. The number of nitrogens with zero attached hydrogens (tertiary/aromatic N) is 1. The molecule has 0 saturated carbocycles. The third kappa shape index (κ3) is 6.46. The maximum atomic E-state index is 12.3. The number of H-pyrrole nitrogens is 1. The van der Waals surface area contributed by atoms with Crippen LogP contribution in [0.25, 0.3) is 10.9 Å². The lowest BCUT2D eigenvalue weighted by Gasteiger charge is -2.12. The molecule has 156 valence electrons. The smallest absolute Gasteiger partial charge is 0.190 e. The Bertz CT molecular complexity index is 1030. The monoisotopic (exact) mass is 526 g/mol. The molecule has 0 saturated heterocycles. The zero-order valence-corrected chi connectivity index (χ0v) is 19.5. The summed E-state index contributed by atoms with van der Waals surface area (Å²) in [6, 6.07) is 16.8. The van der Waals surface area contributed by atoms with Crippen LogP contribution in [0.2, 0.25) is 0 Å². The first kappa shape index (κ1) is 23.2. The summed E-state index contributed by atoms with van der Waals surface area (Å²) < 4.78 is 24.6. The van der Waals surface area contributed by atoms with Crippen LogP contribution in [-0.2, 0) is 16.3 Å². The summed E-state index contributed by atoms with van der Waals surface area (Å²) in [7, 11) is -1.53. The molecule has 0 fully saturated rings. The molecule has 0 bridgehead atoms. The van der Waals surface area contributed by atoms with Crippen molar-refractivity contribution >= 4 is 50.7 Å². The molecule has 0 aliphatic heterocycles. The van der Waals surface area contributed by atoms with Crippen LogP contribution in [0.4, 0.5) is 0 Å². The average Bonchev–Trinajstić information content (AvgIpc) is 3.13. The van der Waals surface area contributed by atoms with Gasteiger partial charge in [0, 0.05) is 37.2 Å². The van der Waals surface area contributed by atoms with Crippen molar-refractivity contribution in [3.05, 3.63) is 66.4 Å². The van der Waals surface area contributed by atoms with Crippen LogP contribution in [0.5, 0.6) is 0 Å². The number of fused-ring (bicyclic) bond motifs is 1. The molecule has 0 amide bonds. The number of para-hydroxylation sites is 1. The van der Waals surface area contributed by atoms with Crippen LogP contribution >= 0.6 is 24.0 Å². The summed E-state index contributed by atoms with van der Waals surface area (Å²) >= 11 is 0. The van der Waals surface area contributed by atoms with Gasteiger partial charge in [-0.15, -0.1) is 24.0 Å². The lowest BCUT2D eigenvalue weighted by Crippen LogP contribution is -2.39. The van der Waals surface area contributed by atoms with E-state index in [1.165, 1.54) is 10.9 Å². The first-order valence-electron chi connectivity index (χ1n) is 9.37. The van der Waals surface area contributed by atoms with E-state index in [0.717, 1.165) is 18.5 Å². The van der Waals surface area contributed by atoms with Crippen molar-refractivity contribution in [1.82, 2.24) is 15.6 Å². The van der Waals surface area contributed by atoms with Crippen LogP contribution in [0.1, 0.15) is 12.0 Å². The van der Waals surface area contributed by atoms with E-state index in [1.54, 1.807) is 31.3 Å². The minimum absolute atomic E-state index is 0. The Morgan fingerprint density at radius 1 is 1.00 bits per heavy atom. The number of aromatic amines is 1. The highest BCUT2D eigenvalue weighted by Gasteiger charge is 2.13. The Balaban J connectivity index is 0.00000300. The molecule has 0 radical (unpaired) electrons. The summed E-state index contributed by atoms with van der Waals surface area (Å²) in [5.74, 6) is 0.785. The van der Waals surface area contributed by atoms with Crippen LogP contribution in [0, 0.1) is 0 Å². The number of halogens is 1. The van der Waals surface area contributed by atoms with Crippen molar-refractivity contribution < 1.29 is 8.42 Å². The number of sulfone groups is 1. The maximum absolute atomic E-state index is 12.3. The topological polar surface area (TPSA) is 86.3 Å². The largest absolute Gasteiger partial charge is 0.361 e. The van der Waals surface area contributed by atoms with Gasteiger partial charge < -0.3 is 15.6 Å². The second kappa shape index (κ2) is 11.2. The summed E-state index contributed by atoms with van der Waals surface area (Å²) in [5.41, 5.74) is 2.40. The molecule has 6 nitrogen and oxygen atoms in total. The van der Waals surface area contributed by atoms with Crippen LogP contribution in [-0.4, -0.2) is 45.3 Å². The molecule has 1 aromatic heterocycles. The Morgan fingerprint density at radius 2 is 1.69 bits per heavy atom. The predicted octanol–water partition coefficient (Wildman–Crippen LogP) is 3.36. The van der Waals surface area contributed by atoms with Gasteiger partial charge in [-0.05, 0) is 36.6 Å². The number of hydrogen-bond acceptors (Lipinski definition) is 3. The van der Waals surface area contributed by atoms with E-state index in [4.69, 9.17) is 0 Å². The molecule has 2 aromatic carbocycles. The van der Waals surface area contributed by atoms with Crippen molar-refractivity contribution in [3.63, 3.8) is 0 Å². The highest BCUT2D eigenvalue weighted by molar-refractivity contribution is 14.0. The fourth-order valence-corrected chi connectivity index (χ4v) is 4.42. The summed E-state index contributed by atoms with van der Waals surface area (Å²) in [6.07, 6.45) is 3.42. The second-order valence-electron chi connectivity index (χ2n) is 6.52. The van der Waals surface area contributed by atoms with Crippen molar-refractivity contribution in [3.8, 4) is 0 Å². The fraction of sp³-hybridized carbons (Fsp3) is 0.286. The minimum Gasteiger partial charge on any atom is -0.361 e. The van der Waals surface area contributed by atoms with Crippen molar-refractivity contribution in [2.45, 2.75) is 17.7 Å². The molecule has 3 rings (SSSR count). The molecule has 0 atom stereocenters. The molecule has 1 heterocycles. The van der Waals surface area contributed by atoms with E-state index in [9.17, 15) is 8.42 Å². The summed E-state index contributed by atoms with van der Waals surface area (Å²) in [6.45, 7) is 1.28. The molecular weight excluding hydrogens is 499 g/mol. The lowest BCUT2D eigenvalue weighted by molar-refractivity contribution is 0.592. The zero-order chi connectivity index (χ0) is 19.8. The van der Waals surface area contributed by atoms with E-state index in [0.29, 0.717) is 23.8 Å². The Labute approximate surface area is 189 Å². The number of aromatic nitrogens is 1. The molecule has 0 aliphatic rings.